The summed E-state index contributed by atoms with van der Waals surface area (Å²) in [5.41, 5.74) is 2.72. The Kier molecular flexibility index (Phi) is 5.75. The van der Waals surface area contributed by atoms with Crippen LogP contribution >= 0.6 is 0 Å². The number of hydrogen-bond acceptors (Lipinski definition) is 4. The highest BCUT2D eigenvalue weighted by Gasteiger charge is 2.25. The summed E-state index contributed by atoms with van der Waals surface area (Å²) in [6, 6.07) is 23.8. The van der Waals surface area contributed by atoms with E-state index in [9.17, 15) is 14.9 Å². The van der Waals surface area contributed by atoms with E-state index >= 15 is 0 Å². The predicted molar refractivity (Wildman–Crippen MR) is 117 cm³/mol. The summed E-state index contributed by atoms with van der Waals surface area (Å²) >= 11 is 0. The zero-order chi connectivity index (χ0) is 20.9. The quantitative estimate of drug-likeness (QED) is 0.479. The van der Waals surface area contributed by atoms with Crippen molar-refractivity contribution in [1.29, 1.82) is 0 Å². The van der Waals surface area contributed by atoms with Crippen molar-refractivity contribution in [3.63, 3.8) is 0 Å². The molecule has 30 heavy (non-hydrogen) atoms. The van der Waals surface area contributed by atoms with Crippen LogP contribution in [-0.2, 0) is 0 Å². The van der Waals surface area contributed by atoms with E-state index in [0.717, 1.165) is 37.1 Å². The molecule has 0 unspecified atom stereocenters. The lowest BCUT2D eigenvalue weighted by Gasteiger charge is -2.21. The highest BCUT2D eigenvalue weighted by atomic mass is 16.6. The van der Waals surface area contributed by atoms with Gasteiger partial charge in [-0.05, 0) is 36.1 Å². The Hall–Kier alpha value is -3.67. The molecule has 0 saturated carbocycles. The van der Waals surface area contributed by atoms with Crippen LogP contribution in [-0.4, -0.2) is 23.9 Å². The summed E-state index contributed by atoms with van der Waals surface area (Å²) in [6.45, 7) is 1.60. The van der Waals surface area contributed by atoms with Crippen LogP contribution < -0.4 is 10.2 Å². The average molecular weight is 401 g/mol. The third-order valence-corrected chi connectivity index (χ3v) is 5.42. The Labute approximate surface area is 175 Å². The largest absolute Gasteiger partial charge is 0.366 e. The van der Waals surface area contributed by atoms with Crippen LogP contribution in [0, 0.1) is 10.1 Å². The Morgan fingerprint density at radius 3 is 2.00 bits per heavy atom. The van der Waals surface area contributed by atoms with Crippen LogP contribution in [0.4, 0.5) is 11.4 Å². The van der Waals surface area contributed by atoms with Gasteiger partial charge in [0.1, 0.15) is 5.69 Å². The zero-order valence-corrected chi connectivity index (χ0v) is 16.5. The molecule has 1 saturated heterocycles. The molecule has 0 radical (unpaired) electrons. The second kappa shape index (κ2) is 8.78. The maximum absolute atomic E-state index is 13.1. The molecule has 1 aliphatic heterocycles. The molecule has 1 heterocycles. The lowest BCUT2D eigenvalue weighted by atomic mass is 9.98. The molecule has 1 aliphatic rings. The maximum Gasteiger partial charge on any atom is 0.293 e. The number of nitro benzene ring substituents is 1. The lowest BCUT2D eigenvalue weighted by molar-refractivity contribution is -0.384. The predicted octanol–water partition coefficient (Wildman–Crippen LogP) is 4.71. The number of rotatable bonds is 6. The van der Waals surface area contributed by atoms with Crippen molar-refractivity contribution in [2.75, 3.05) is 18.0 Å². The number of carbonyl (C=O) groups excluding carboxylic acids is 1. The van der Waals surface area contributed by atoms with Gasteiger partial charge in [-0.3, -0.25) is 14.9 Å². The van der Waals surface area contributed by atoms with Gasteiger partial charge < -0.3 is 10.2 Å². The number of nitrogens with one attached hydrogen (secondary N) is 1. The lowest BCUT2D eigenvalue weighted by Crippen LogP contribution is -2.29. The van der Waals surface area contributed by atoms with Crippen LogP contribution in [0.25, 0.3) is 0 Å². The molecule has 0 bridgehead atoms. The van der Waals surface area contributed by atoms with Gasteiger partial charge in [-0.15, -0.1) is 0 Å². The monoisotopic (exact) mass is 401 g/mol. The highest BCUT2D eigenvalue weighted by Crippen LogP contribution is 2.32. The number of hydrogen-bond donors (Lipinski definition) is 1. The van der Waals surface area contributed by atoms with E-state index in [2.05, 4.69) is 5.32 Å². The molecule has 1 amide bonds. The van der Waals surface area contributed by atoms with Gasteiger partial charge in [0.2, 0.25) is 0 Å². The molecular weight excluding hydrogens is 378 g/mol. The van der Waals surface area contributed by atoms with Crippen molar-refractivity contribution in [3.8, 4) is 0 Å². The van der Waals surface area contributed by atoms with Crippen LogP contribution in [0.1, 0.15) is 40.4 Å². The van der Waals surface area contributed by atoms with Crippen molar-refractivity contribution < 1.29 is 9.72 Å². The molecule has 0 atom stereocenters. The van der Waals surface area contributed by atoms with Crippen molar-refractivity contribution in [2.24, 2.45) is 0 Å². The van der Waals surface area contributed by atoms with Gasteiger partial charge >= 0.3 is 0 Å². The molecule has 4 rings (SSSR count). The summed E-state index contributed by atoms with van der Waals surface area (Å²) in [7, 11) is 0. The standard InChI is InChI=1S/C24H23N3O3/c28-24(20-13-14-21(22(17-20)27(29)30)26-15-7-8-16-26)25-23(18-9-3-1-4-10-18)19-11-5-2-6-12-19/h1-6,9-14,17,23H,7-8,15-16H2,(H,25,28). The molecule has 6 nitrogen and oxygen atoms in total. The number of amides is 1. The Morgan fingerprint density at radius 2 is 1.47 bits per heavy atom. The summed E-state index contributed by atoms with van der Waals surface area (Å²) in [4.78, 5) is 26.3. The van der Waals surface area contributed by atoms with Gasteiger partial charge in [-0.2, -0.15) is 0 Å². The fourth-order valence-corrected chi connectivity index (χ4v) is 3.90. The SMILES string of the molecule is O=C(NC(c1ccccc1)c1ccccc1)c1ccc(N2CCCC2)c([N+](=O)[O-])c1. The van der Waals surface area contributed by atoms with E-state index in [1.807, 2.05) is 65.6 Å². The van der Waals surface area contributed by atoms with Crippen LogP contribution in [0.3, 0.4) is 0 Å². The summed E-state index contributed by atoms with van der Waals surface area (Å²) in [6.07, 6.45) is 2.05. The number of carbonyl (C=O) groups is 1. The molecule has 6 heteroatoms. The van der Waals surface area contributed by atoms with Crippen molar-refractivity contribution in [1.82, 2.24) is 5.32 Å². The van der Waals surface area contributed by atoms with Crippen molar-refractivity contribution in [2.45, 2.75) is 18.9 Å². The minimum atomic E-state index is -0.406. The molecule has 1 fully saturated rings. The maximum atomic E-state index is 13.1. The van der Waals surface area contributed by atoms with Gasteiger partial charge in [0, 0.05) is 24.7 Å². The first-order valence-electron chi connectivity index (χ1n) is 10.1. The van der Waals surface area contributed by atoms with E-state index in [-0.39, 0.29) is 23.2 Å². The summed E-state index contributed by atoms with van der Waals surface area (Å²) in [5.74, 6) is -0.344. The highest BCUT2D eigenvalue weighted by molar-refractivity contribution is 5.96. The second-order valence-corrected chi connectivity index (χ2v) is 7.38. The fourth-order valence-electron chi connectivity index (χ4n) is 3.90. The third-order valence-electron chi connectivity index (χ3n) is 5.42. The molecule has 3 aromatic rings. The van der Waals surface area contributed by atoms with E-state index in [4.69, 9.17) is 0 Å². The van der Waals surface area contributed by atoms with Gasteiger partial charge in [-0.25, -0.2) is 0 Å². The molecule has 0 aliphatic carbocycles. The van der Waals surface area contributed by atoms with Crippen molar-refractivity contribution >= 4 is 17.3 Å². The smallest absolute Gasteiger partial charge is 0.293 e. The van der Waals surface area contributed by atoms with E-state index in [1.165, 1.54) is 6.07 Å². The van der Waals surface area contributed by atoms with Gasteiger partial charge in [-0.1, -0.05) is 60.7 Å². The summed E-state index contributed by atoms with van der Waals surface area (Å²) in [5, 5.41) is 14.7. The van der Waals surface area contributed by atoms with Crippen LogP contribution in [0.15, 0.2) is 78.9 Å². The molecule has 152 valence electrons. The van der Waals surface area contributed by atoms with Gasteiger partial charge in [0.25, 0.3) is 11.6 Å². The Morgan fingerprint density at radius 1 is 0.900 bits per heavy atom. The van der Waals surface area contributed by atoms with Crippen molar-refractivity contribution in [3.05, 3.63) is 106 Å². The third kappa shape index (κ3) is 4.17. The minimum Gasteiger partial charge on any atom is -0.366 e. The van der Waals surface area contributed by atoms with Crippen LogP contribution in [0.2, 0.25) is 0 Å². The molecule has 1 N–H and O–H groups in total. The number of benzene rings is 3. The molecule has 3 aromatic carbocycles. The molecule has 0 aromatic heterocycles. The van der Waals surface area contributed by atoms with E-state index < -0.39 is 4.92 Å². The molecular formula is C24H23N3O3. The second-order valence-electron chi connectivity index (χ2n) is 7.38. The van der Waals surface area contributed by atoms with E-state index in [0.29, 0.717) is 5.69 Å². The van der Waals surface area contributed by atoms with Gasteiger partial charge in [0.15, 0.2) is 0 Å². The first-order chi connectivity index (χ1) is 14.6. The van der Waals surface area contributed by atoms with Gasteiger partial charge in [0.05, 0.1) is 11.0 Å². The number of nitro groups is 1. The first kappa shape index (κ1) is 19.6. The average Bonchev–Trinajstić information content (AvgIpc) is 3.33. The van der Waals surface area contributed by atoms with Crippen LogP contribution in [0.5, 0.6) is 0 Å². The Balaban J connectivity index is 1.64. The minimum absolute atomic E-state index is 0.0273. The molecule has 0 spiro atoms. The number of anilines is 1. The normalized spacial score (nSPS) is 13.4. The van der Waals surface area contributed by atoms with E-state index in [1.54, 1.807) is 12.1 Å². The number of nitrogens with zero attached hydrogens (tertiary/aromatic N) is 2. The zero-order valence-electron chi connectivity index (χ0n) is 16.5. The fraction of sp³-hybridized carbons (Fsp3) is 0.208. The summed E-state index contributed by atoms with van der Waals surface area (Å²) < 4.78 is 0. The Bertz CT molecular complexity index is 993. The topological polar surface area (TPSA) is 75.5 Å². The first-order valence-corrected chi connectivity index (χ1v) is 10.1.